The lowest BCUT2D eigenvalue weighted by atomic mass is 9.74. The summed E-state index contributed by atoms with van der Waals surface area (Å²) < 4.78 is 38.8. The van der Waals surface area contributed by atoms with Gasteiger partial charge in [-0.15, -0.1) is 0 Å². The zero-order valence-electron chi connectivity index (χ0n) is 9.56. The van der Waals surface area contributed by atoms with Gasteiger partial charge in [0.1, 0.15) is 0 Å². The fourth-order valence-electron chi connectivity index (χ4n) is 2.39. The quantitative estimate of drug-likeness (QED) is 0.738. The van der Waals surface area contributed by atoms with Crippen LogP contribution in [0.1, 0.15) is 45.4 Å². The van der Waals surface area contributed by atoms with Gasteiger partial charge in [-0.3, -0.25) is 0 Å². The van der Waals surface area contributed by atoms with Gasteiger partial charge in [0, 0.05) is 6.42 Å². The summed E-state index contributed by atoms with van der Waals surface area (Å²) in [6.45, 7) is 1.66. The van der Waals surface area contributed by atoms with E-state index < -0.39 is 17.7 Å². The first-order valence-electron chi connectivity index (χ1n) is 5.82. The van der Waals surface area contributed by atoms with Crippen LogP contribution in [-0.2, 0) is 0 Å². The van der Waals surface area contributed by atoms with E-state index in [2.05, 4.69) is 0 Å². The number of alkyl halides is 3. The number of hydrogen-bond acceptors (Lipinski definition) is 1. The maximum absolute atomic E-state index is 12.9. The van der Waals surface area contributed by atoms with Crippen LogP contribution in [0.15, 0.2) is 12.2 Å². The second-order valence-electron chi connectivity index (χ2n) is 4.53. The molecule has 0 spiro atoms. The van der Waals surface area contributed by atoms with Crippen LogP contribution in [-0.4, -0.2) is 16.9 Å². The first-order chi connectivity index (χ1) is 7.42. The lowest BCUT2D eigenvalue weighted by molar-refractivity contribution is -0.281. The van der Waals surface area contributed by atoms with Gasteiger partial charge in [-0.1, -0.05) is 31.4 Å². The van der Waals surface area contributed by atoms with Crippen LogP contribution in [0.2, 0.25) is 0 Å². The van der Waals surface area contributed by atoms with Crippen LogP contribution in [0.4, 0.5) is 13.2 Å². The molecule has 1 aliphatic rings. The zero-order chi connectivity index (χ0) is 12.2. The molecule has 0 heterocycles. The lowest BCUT2D eigenvalue weighted by Gasteiger charge is -2.39. The molecule has 1 nitrogen and oxygen atoms in total. The molecule has 0 saturated heterocycles. The van der Waals surface area contributed by atoms with Gasteiger partial charge in [-0.25, -0.2) is 0 Å². The van der Waals surface area contributed by atoms with Crippen LogP contribution in [0.5, 0.6) is 0 Å². The molecular weight excluding hydrogens is 217 g/mol. The highest BCUT2D eigenvalue weighted by Crippen LogP contribution is 2.45. The summed E-state index contributed by atoms with van der Waals surface area (Å²) in [4.78, 5) is 0. The molecule has 0 aromatic carbocycles. The molecular formula is C12H19F3O. The SMILES string of the molecule is C/C=C\C[C@@](O)(C1CCCCC1)C(F)(F)F. The van der Waals surface area contributed by atoms with E-state index in [0.717, 1.165) is 19.3 Å². The Labute approximate surface area is 94.3 Å². The van der Waals surface area contributed by atoms with Crippen molar-refractivity contribution in [3.05, 3.63) is 12.2 Å². The van der Waals surface area contributed by atoms with Gasteiger partial charge in [0.05, 0.1) is 0 Å². The molecule has 0 radical (unpaired) electrons. The predicted octanol–water partition coefficient (Wildman–Crippen LogP) is 3.83. The molecule has 94 valence electrons. The Morgan fingerprint density at radius 1 is 1.19 bits per heavy atom. The maximum atomic E-state index is 12.9. The average Bonchev–Trinajstić information content (AvgIpc) is 2.25. The van der Waals surface area contributed by atoms with Gasteiger partial charge in [-0.05, 0) is 25.7 Å². The Hall–Kier alpha value is -0.510. The number of hydrogen-bond donors (Lipinski definition) is 1. The molecule has 0 aromatic heterocycles. The van der Waals surface area contributed by atoms with Crippen molar-refractivity contribution in [1.29, 1.82) is 0 Å². The normalized spacial score (nSPS) is 23.6. The van der Waals surface area contributed by atoms with Crippen LogP contribution < -0.4 is 0 Å². The molecule has 1 saturated carbocycles. The van der Waals surface area contributed by atoms with Crippen molar-refractivity contribution in [1.82, 2.24) is 0 Å². The second-order valence-corrected chi connectivity index (χ2v) is 4.53. The van der Waals surface area contributed by atoms with Crippen molar-refractivity contribution in [3.63, 3.8) is 0 Å². The molecule has 1 rings (SSSR count). The van der Waals surface area contributed by atoms with Crippen LogP contribution in [0, 0.1) is 5.92 Å². The minimum absolute atomic E-state index is 0.322. The van der Waals surface area contributed by atoms with Crippen molar-refractivity contribution in [2.45, 2.75) is 57.2 Å². The summed E-state index contributed by atoms with van der Waals surface area (Å²) in [5.74, 6) is -0.641. The van der Waals surface area contributed by atoms with E-state index in [0.29, 0.717) is 12.8 Å². The van der Waals surface area contributed by atoms with Crippen LogP contribution in [0.3, 0.4) is 0 Å². The minimum Gasteiger partial charge on any atom is -0.380 e. The van der Waals surface area contributed by atoms with Crippen LogP contribution in [0.25, 0.3) is 0 Å². The molecule has 1 N–H and O–H groups in total. The molecule has 0 amide bonds. The average molecular weight is 236 g/mol. The fraction of sp³-hybridized carbons (Fsp3) is 0.833. The van der Waals surface area contributed by atoms with Gasteiger partial charge >= 0.3 is 6.18 Å². The third kappa shape index (κ3) is 2.78. The highest BCUT2D eigenvalue weighted by molar-refractivity contribution is 4.99. The molecule has 4 heteroatoms. The fourth-order valence-corrected chi connectivity index (χ4v) is 2.39. The van der Waals surface area contributed by atoms with Gasteiger partial charge < -0.3 is 5.11 Å². The largest absolute Gasteiger partial charge is 0.417 e. The van der Waals surface area contributed by atoms with E-state index in [4.69, 9.17) is 0 Å². The molecule has 1 aliphatic carbocycles. The van der Waals surface area contributed by atoms with Gasteiger partial charge in [0.2, 0.25) is 0 Å². The Morgan fingerprint density at radius 2 is 1.75 bits per heavy atom. The number of halogens is 3. The molecule has 1 fully saturated rings. The van der Waals surface area contributed by atoms with Crippen LogP contribution >= 0.6 is 0 Å². The first kappa shape index (κ1) is 13.6. The van der Waals surface area contributed by atoms with Crippen molar-refractivity contribution < 1.29 is 18.3 Å². The third-order valence-electron chi connectivity index (χ3n) is 3.44. The zero-order valence-corrected chi connectivity index (χ0v) is 9.56. The van der Waals surface area contributed by atoms with E-state index in [9.17, 15) is 18.3 Å². The van der Waals surface area contributed by atoms with E-state index in [1.165, 1.54) is 6.08 Å². The topological polar surface area (TPSA) is 20.2 Å². The Kier molecular flexibility index (Phi) is 4.42. The number of allylic oxidation sites excluding steroid dienone is 1. The molecule has 0 bridgehead atoms. The van der Waals surface area contributed by atoms with E-state index in [-0.39, 0.29) is 6.42 Å². The molecule has 16 heavy (non-hydrogen) atoms. The summed E-state index contributed by atoms with van der Waals surface area (Å²) in [5, 5.41) is 9.93. The highest BCUT2D eigenvalue weighted by Gasteiger charge is 2.57. The Balaban J connectivity index is 2.84. The Morgan fingerprint density at radius 3 is 2.19 bits per heavy atom. The molecule has 1 atom stereocenters. The second kappa shape index (κ2) is 5.21. The first-order valence-corrected chi connectivity index (χ1v) is 5.82. The van der Waals surface area contributed by atoms with Gasteiger partial charge in [0.15, 0.2) is 5.60 Å². The standard InChI is InChI=1S/C12H19F3O/c1-2-3-9-11(16,12(13,14)15)10-7-5-4-6-8-10/h2-3,10,16H,4-9H2,1H3/b3-2-/t11-/m1/s1. The molecule has 0 aromatic rings. The Bertz CT molecular complexity index is 241. The summed E-state index contributed by atoms with van der Waals surface area (Å²) in [6, 6.07) is 0. The van der Waals surface area contributed by atoms with E-state index in [1.54, 1.807) is 13.0 Å². The summed E-state index contributed by atoms with van der Waals surface area (Å²) in [7, 11) is 0. The molecule has 0 aliphatic heterocycles. The summed E-state index contributed by atoms with van der Waals surface area (Å²) in [6.07, 6.45) is 1.63. The van der Waals surface area contributed by atoms with Crippen molar-refractivity contribution in [2.24, 2.45) is 5.92 Å². The van der Waals surface area contributed by atoms with E-state index in [1.807, 2.05) is 0 Å². The maximum Gasteiger partial charge on any atom is 0.417 e. The predicted molar refractivity (Wildman–Crippen MR) is 57.0 cm³/mol. The smallest absolute Gasteiger partial charge is 0.380 e. The van der Waals surface area contributed by atoms with Crippen molar-refractivity contribution >= 4 is 0 Å². The van der Waals surface area contributed by atoms with E-state index >= 15 is 0 Å². The number of aliphatic hydroxyl groups is 1. The van der Waals surface area contributed by atoms with Gasteiger partial charge in [0.25, 0.3) is 0 Å². The highest BCUT2D eigenvalue weighted by atomic mass is 19.4. The lowest BCUT2D eigenvalue weighted by Crippen LogP contribution is -2.51. The van der Waals surface area contributed by atoms with Gasteiger partial charge in [-0.2, -0.15) is 13.2 Å². The minimum atomic E-state index is -4.53. The summed E-state index contributed by atoms with van der Waals surface area (Å²) >= 11 is 0. The monoisotopic (exact) mass is 236 g/mol. The number of rotatable bonds is 3. The molecule has 0 unspecified atom stereocenters. The van der Waals surface area contributed by atoms with Crippen molar-refractivity contribution in [3.8, 4) is 0 Å². The summed E-state index contributed by atoms with van der Waals surface area (Å²) in [5.41, 5.74) is -2.53. The third-order valence-corrected chi connectivity index (χ3v) is 3.44. The van der Waals surface area contributed by atoms with Crippen molar-refractivity contribution in [2.75, 3.05) is 0 Å².